The van der Waals surface area contributed by atoms with Crippen molar-refractivity contribution in [2.45, 2.75) is 0 Å². The molecule has 0 N–H and O–H groups in total. The second kappa shape index (κ2) is 3.64. The van der Waals surface area contributed by atoms with Gasteiger partial charge in [-0.15, -0.1) is 0 Å². The molecule has 5 rings (SSSR count). The van der Waals surface area contributed by atoms with Gasteiger partial charge in [0.2, 0.25) is 0 Å². The molecule has 4 heterocycles. The molecule has 0 spiro atoms. The lowest BCUT2D eigenvalue weighted by atomic mass is 10.1. The Labute approximate surface area is 121 Å². The van der Waals surface area contributed by atoms with Crippen LogP contribution in [0.15, 0.2) is 61.1 Å². The van der Waals surface area contributed by atoms with E-state index >= 15 is 0 Å². The molecule has 100 valence electrons. The third kappa shape index (κ3) is 1.30. The van der Waals surface area contributed by atoms with Gasteiger partial charge < -0.3 is 8.97 Å². The monoisotopic (exact) mass is 271 g/mol. The zero-order valence-corrected chi connectivity index (χ0v) is 11.6. The van der Waals surface area contributed by atoms with Crippen LogP contribution in [-0.2, 0) is 7.05 Å². The molecule has 1 aromatic carbocycles. The summed E-state index contributed by atoms with van der Waals surface area (Å²) in [5.41, 5.74) is 4.70. The van der Waals surface area contributed by atoms with Gasteiger partial charge in [0.25, 0.3) is 0 Å². The van der Waals surface area contributed by atoms with Crippen molar-refractivity contribution in [3.8, 4) is 0 Å². The van der Waals surface area contributed by atoms with Crippen LogP contribution in [-0.4, -0.2) is 14.0 Å². The molecule has 3 nitrogen and oxygen atoms in total. The van der Waals surface area contributed by atoms with Crippen LogP contribution < -0.4 is 0 Å². The number of pyridine rings is 2. The lowest BCUT2D eigenvalue weighted by Crippen LogP contribution is -1.92. The normalized spacial score (nSPS) is 12.0. The van der Waals surface area contributed by atoms with Crippen molar-refractivity contribution in [3.63, 3.8) is 0 Å². The molecule has 0 atom stereocenters. The van der Waals surface area contributed by atoms with E-state index in [1.54, 1.807) is 0 Å². The molecule has 0 fully saturated rings. The highest BCUT2D eigenvalue weighted by molar-refractivity contribution is 6.13. The maximum absolute atomic E-state index is 4.59. The van der Waals surface area contributed by atoms with Crippen LogP contribution in [0.3, 0.4) is 0 Å². The van der Waals surface area contributed by atoms with E-state index in [4.69, 9.17) is 0 Å². The third-order valence-electron chi connectivity index (χ3n) is 4.35. The van der Waals surface area contributed by atoms with E-state index in [9.17, 15) is 0 Å². The van der Waals surface area contributed by atoms with Crippen molar-refractivity contribution in [1.29, 1.82) is 0 Å². The third-order valence-corrected chi connectivity index (χ3v) is 4.35. The Balaban J connectivity index is 2.19. The highest BCUT2D eigenvalue weighted by atomic mass is 14.9. The van der Waals surface area contributed by atoms with Crippen molar-refractivity contribution in [2.24, 2.45) is 7.05 Å². The van der Waals surface area contributed by atoms with Gasteiger partial charge in [-0.2, -0.15) is 0 Å². The summed E-state index contributed by atoms with van der Waals surface area (Å²) in [4.78, 5) is 4.59. The number of rotatable bonds is 0. The van der Waals surface area contributed by atoms with Gasteiger partial charge in [-0.3, -0.25) is 4.98 Å². The Morgan fingerprint density at radius 3 is 2.76 bits per heavy atom. The number of benzene rings is 1. The zero-order valence-electron chi connectivity index (χ0n) is 11.6. The van der Waals surface area contributed by atoms with Gasteiger partial charge >= 0.3 is 0 Å². The van der Waals surface area contributed by atoms with Gasteiger partial charge in [0.15, 0.2) is 0 Å². The fourth-order valence-corrected chi connectivity index (χ4v) is 3.33. The van der Waals surface area contributed by atoms with Gasteiger partial charge in [-0.25, -0.2) is 0 Å². The number of hydrogen-bond acceptors (Lipinski definition) is 1. The summed E-state index contributed by atoms with van der Waals surface area (Å²) >= 11 is 0. The Kier molecular flexibility index (Phi) is 1.89. The quantitative estimate of drug-likeness (QED) is 0.388. The standard InChI is InChI=1S/C18H13N3/c1-20-9-6-12-10-17-14(11-16(12)20)13-4-2-7-19-18(13)15-5-3-8-21(15)17/h2-11H,1H3. The minimum atomic E-state index is 1.06. The zero-order chi connectivity index (χ0) is 14.0. The van der Waals surface area contributed by atoms with Crippen molar-refractivity contribution < 1.29 is 0 Å². The van der Waals surface area contributed by atoms with Gasteiger partial charge in [0, 0.05) is 47.3 Å². The first-order chi connectivity index (χ1) is 10.3. The molecule has 0 aliphatic carbocycles. The van der Waals surface area contributed by atoms with Crippen LogP contribution in [0.2, 0.25) is 0 Å². The molecule has 4 aromatic heterocycles. The Morgan fingerprint density at radius 1 is 0.857 bits per heavy atom. The molecule has 0 aliphatic rings. The molecule has 0 radical (unpaired) electrons. The Bertz CT molecular complexity index is 1140. The average Bonchev–Trinajstić information content (AvgIpc) is 3.14. The molecule has 0 bridgehead atoms. The fraction of sp³-hybridized carbons (Fsp3) is 0.0556. The number of hydrogen-bond donors (Lipinski definition) is 0. The summed E-state index contributed by atoms with van der Waals surface area (Å²) in [6, 6.07) is 15.1. The summed E-state index contributed by atoms with van der Waals surface area (Å²) in [6.07, 6.45) is 6.08. The second-order valence-electron chi connectivity index (χ2n) is 5.52. The average molecular weight is 271 g/mol. The van der Waals surface area contributed by atoms with Crippen molar-refractivity contribution in [2.75, 3.05) is 0 Å². The highest BCUT2D eigenvalue weighted by Gasteiger charge is 2.10. The summed E-state index contributed by atoms with van der Waals surface area (Å²) in [7, 11) is 2.09. The molecule has 0 aliphatic heterocycles. The van der Waals surface area contributed by atoms with Crippen LogP contribution in [0.25, 0.3) is 38.2 Å². The minimum Gasteiger partial charge on any atom is -0.351 e. The van der Waals surface area contributed by atoms with Crippen LogP contribution in [0.5, 0.6) is 0 Å². The highest BCUT2D eigenvalue weighted by Crippen LogP contribution is 2.31. The van der Waals surface area contributed by atoms with Crippen LogP contribution in [0.4, 0.5) is 0 Å². The molecular weight excluding hydrogens is 258 g/mol. The van der Waals surface area contributed by atoms with Crippen molar-refractivity contribution in [1.82, 2.24) is 14.0 Å². The molecular formula is C18H13N3. The predicted octanol–water partition coefficient (Wildman–Crippen LogP) is 4.13. The first kappa shape index (κ1) is 10.9. The van der Waals surface area contributed by atoms with Crippen molar-refractivity contribution >= 4 is 38.2 Å². The van der Waals surface area contributed by atoms with E-state index in [1.807, 2.05) is 12.3 Å². The summed E-state index contributed by atoms with van der Waals surface area (Å²) in [6.45, 7) is 0. The Morgan fingerprint density at radius 2 is 1.81 bits per heavy atom. The second-order valence-corrected chi connectivity index (χ2v) is 5.52. The van der Waals surface area contributed by atoms with E-state index in [0.29, 0.717) is 0 Å². The largest absolute Gasteiger partial charge is 0.351 e. The first-order valence-electron chi connectivity index (χ1n) is 7.05. The SMILES string of the molecule is Cn1ccc2cc3c(cc21)c1cccnc1c1cccn31. The topological polar surface area (TPSA) is 22.2 Å². The molecule has 3 heteroatoms. The van der Waals surface area contributed by atoms with Gasteiger partial charge in [0.05, 0.1) is 16.6 Å². The maximum Gasteiger partial charge on any atom is 0.0948 e. The van der Waals surface area contributed by atoms with Gasteiger partial charge in [0.1, 0.15) is 0 Å². The predicted molar refractivity (Wildman–Crippen MR) is 86.7 cm³/mol. The lowest BCUT2D eigenvalue weighted by molar-refractivity contribution is 0.970. The van der Waals surface area contributed by atoms with Crippen LogP contribution in [0, 0.1) is 0 Å². The summed E-state index contributed by atoms with van der Waals surface area (Å²) in [5.74, 6) is 0. The van der Waals surface area contributed by atoms with Crippen LogP contribution >= 0.6 is 0 Å². The molecule has 0 saturated heterocycles. The summed E-state index contributed by atoms with van der Waals surface area (Å²) < 4.78 is 4.40. The number of aromatic nitrogens is 3. The molecule has 0 amide bonds. The molecule has 5 aromatic rings. The van der Waals surface area contributed by atoms with Gasteiger partial charge in [-0.1, -0.05) is 6.07 Å². The fourth-order valence-electron chi connectivity index (χ4n) is 3.33. The molecule has 0 saturated carbocycles. The summed E-state index contributed by atoms with van der Waals surface area (Å²) in [5, 5.41) is 3.72. The maximum atomic E-state index is 4.59. The first-order valence-corrected chi connectivity index (χ1v) is 7.05. The minimum absolute atomic E-state index is 1.06. The van der Waals surface area contributed by atoms with E-state index in [0.717, 1.165) is 11.0 Å². The van der Waals surface area contributed by atoms with Crippen molar-refractivity contribution in [3.05, 3.63) is 61.1 Å². The number of fused-ring (bicyclic) bond motifs is 7. The molecule has 0 unspecified atom stereocenters. The van der Waals surface area contributed by atoms with E-state index in [2.05, 4.69) is 69.8 Å². The smallest absolute Gasteiger partial charge is 0.0948 e. The van der Waals surface area contributed by atoms with E-state index in [-0.39, 0.29) is 0 Å². The number of nitrogens with zero attached hydrogens (tertiary/aromatic N) is 3. The van der Waals surface area contributed by atoms with E-state index < -0.39 is 0 Å². The Hall–Kier alpha value is -2.81. The number of aryl methyl sites for hydroxylation is 1. The lowest BCUT2D eigenvalue weighted by Gasteiger charge is -2.09. The van der Waals surface area contributed by atoms with Crippen LogP contribution in [0.1, 0.15) is 0 Å². The van der Waals surface area contributed by atoms with Gasteiger partial charge in [-0.05, 0) is 36.4 Å². The van der Waals surface area contributed by atoms with E-state index in [1.165, 1.54) is 27.2 Å². The molecule has 21 heavy (non-hydrogen) atoms.